The molecule has 1 unspecified atom stereocenters. The van der Waals surface area contributed by atoms with Crippen LogP contribution in [0.4, 0.5) is 5.69 Å². The summed E-state index contributed by atoms with van der Waals surface area (Å²) in [5.74, 6) is -0.838. The molecule has 1 fully saturated rings. The molecule has 0 bridgehead atoms. The highest BCUT2D eigenvalue weighted by Gasteiger charge is 2.39. The third kappa shape index (κ3) is 3.13. The molecule has 9 nitrogen and oxygen atoms in total. The number of rotatable bonds is 5. The topological polar surface area (TPSA) is 116 Å². The van der Waals surface area contributed by atoms with Gasteiger partial charge in [-0.25, -0.2) is 9.69 Å². The van der Waals surface area contributed by atoms with Gasteiger partial charge in [0.05, 0.1) is 24.7 Å². The maximum absolute atomic E-state index is 12.5. The maximum atomic E-state index is 12.5. The number of aryl methyl sites for hydroxylation is 1. The van der Waals surface area contributed by atoms with Gasteiger partial charge in [0.25, 0.3) is 5.91 Å². The van der Waals surface area contributed by atoms with E-state index < -0.39 is 17.6 Å². The zero-order valence-electron chi connectivity index (χ0n) is 13.7. The molecular weight excluding hydrogens is 328 g/mol. The third-order valence-electron chi connectivity index (χ3n) is 4.11. The van der Waals surface area contributed by atoms with Gasteiger partial charge in [0.1, 0.15) is 0 Å². The number of anilines is 1. The van der Waals surface area contributed by atoms with Crippen molar-refractivity contribution in [1.82, 2.24) is 10.6 Å². The van der Waals surface area contributed by atoms with Crippen LogP contribution in [0.5, 0.6) is 0 Å². The van der Waals surface area contributed by atoms with Crippen LogP contribution in [-0.2, 0) is 23.2 Å². The number of carbonyl (C=O) groups excluding carboxylic acids is 3. The number of nitrogens with one attached hydrogen (secondary N) is 2. The second-order valence-corrected chi connectivity index (χ2v) is 5.79. The van der Waals surface area contributed by atoms with Crippen molar-refractivity contribution < 1.29 is 23.6 Å². The summed E-state index contributed by atoms with van der Waals surface area (Å²) in [5, 5.41) is 5.29. The zero-order chi connectivity index (χ0) is 18.1. The lowest BCUT2D eigenvalue weighted by molar-refractivity contribution is -0.746. The minimum Gasteiger partial charge on any atom is -0.296 e. The molecule has 0 radical (unpaired) electrons. The number of amides is 2. The molecule has 2 aromatic rings. The minimum absolute atomic E-state index is 0.00718. The molecule has 1 aromatic carbocycles. The molecule has 1 saturated heterocycles. The van der Waals surface area contributed by atoms with Crippen molar-refractivity contribution in [1.29, 1.82) is 0 Å². The van der Waals surface area contributed by atoms with Crippen LogP contribution in [0.3, 0.4) is 0 Å². The number of aromatic amines is 1. The lowest BCUT2D eigenvalue weighted by Crippen LogP contribution is -2.43. The number of carbonyl (C=O) groups is 3. The SMILES string of the molecule is CC(=O)c1ccc(N2C(=O)CC(NCc3c(=O)o[nH][n+]3C)C2=O)cc1. The third-order valence-corrected chi connectivity index (χ3v) is 4.11. The van der Waals surface area contributed by atoms with Crippen molar-refractivity contribution in [2.75, 3.05) is 4.90 Å². The summed E-state index contributed by atoms with van der Waals surface area (Å²) in [4.78, 5) is 48.7. The maximum Gasteiger partial charge on any atom is 0.431 e. The fourth-order valence-electron chi connectivity index (χ4n) is 2.68. The van der Waals surface area contributed by atoms with Crippen LogP contribution < -0.4 is 20.5 Å². The van der Waals surface area contributed by atoms with Gasteiger partial charge in [-0.15, -0.1) is 0 Å². The first-order valence-electron chi connectivity index (χ1n) is 7.66. The van der Waals surface area contributed by atoms with Gasteiger partial charge >= 0.3 is 11.3 Å². The van der Waals surface area contributed by atoms with Crippen molar-refractivity contribution in [3.8, 4) is 0 Å². The number of H-pyrrole nitrogens is 1. The number of Topliss-reactive ketones (excluding diaryl/α,β-unsaturated/α-hetero) is 1. The quantitative estimate of drug-likeness (QED) is 0.425. The predicted molar refractivity (Wildman–Crippen MR) is 84.7 cm³/mol. The molecule has 2 amide bonds. The number of ketones is 1. The summed E-state index contributed by atoms with van der Waals surface area (Å²) in [6, 6.07) is 5.55. The summed E-state index contributed by atoms with van der Waals surface area (Å²) < 4.78 is 6.03. The highest BCUT2D eigenvalue weighted by Crippen LogP contribution is 2.23. The predicted octanol–water partition coefficient (Wildman–Crippen LogP) is -0.583. The van der Waals surface area contributed by atoms with Crippen LogP contribution in [0, 0.1) is 0 Å². The highest BCUT2D eigenvalue weighted by molar-refractivity contribution is 6.22. The Hall–Kier alpha value is -3.07. The van der Waals surface area contributed by atoms with E-state index in [-0.39, 0.29) is 24.7 Å². The number of benzene rings is 1. The Balaban J connectivity index is 1.73. The van der Waals surface area contributed by atoms with Crippen LogP contribution >= 0.6 is 0 Å². The smallest absolute Gasteiger partial charge is 0.296 e. The molecule has 1 aliphatic heterocycles. The molecular formula is C16H17N4O5+. The van der Waals surface area contributed by atoms with Crippen LogP contribution in [-0.4, -0.2) is 28.9 Å². The largest absolute Gasteiger partial charge is 0.431 e. The Morgan fingerprint density at radius 2 is 2.00 bits per heavy atom. The van der Waals surface area contributed by atoms with Gasteiger partial charge in [0.2, 0.25) is 5.91 Å². The standard InChI is InChI=1S/C16H16N4O5/c1-9(21)10-3-5-11(6-4-10)20-14(22)7-12(15(20)23)17-8-13-16(24)25-18-19(13)2/h3-6,12,17H,7-8H2,1-2H3/p+1. The first kappa shape index (κ1) is 16.8. The summed E-state index contributed by atoms with van der Waals surface area (Å²) >= 11 is 0. The number of hydrogen-bond donors (Lipinski definition) is 2. The van der Waals surface area contributed by atoms with Gasteiger partial charge in [-0.1, -0.05) is 4.68 Å². The molecule has 1 aromatic heterocycles. The van der Waals surface area contributed by atoms with Gasteiger partial charge < -0.3 is 0 Å². The molecule has 2 N–H and O–H groups in total. The number of hydrogen-bond acceptors (Lipinski definition) is 6. The van der Waals surface area contributed by atoms with Crippen LogP contribution in [0.2, 0.25) is 0 Å². The molecule has 25 heavy (non-hydrogen) atoms. The van der Waals surface area contributed by atoms with Gasteiger partial charge in [0.15, 0.2) is 12.8 Å². The van der Waals surface area contributed by atoms with E-state index in [1.807, 2.05) is 0 Å². The highest BCUT2D eigenvalue weighted by atomic mass is 16.5. The van der Waals surface area contributed by atoms with Gasteiger partial charge in [-0.3, -0.25) is 24.2 Å². The van der Waals surface area contributed by atoms with Crippen molar-refractivity contribution in [2.45, 2.75) is 25.9 Å². The van der Waals surface area contributed by atoms with Gasteiger partial charge in [-0.2, -0.15) is 0 Å². The lowest BCUT2D eigenvalue weighted by Gasteiger charge is -2.15. The number of imide groups is 1. The van der Waals surface area contributed by atoms with Crippen molar-refractivity contribution in [3.05, 3.63) is 45.9 Å². The summed E-state index contributed by atoms with van der Waals surface area (Å²) in [6.45, 7) is 1.53. The summed E-state index contributed by atoms with van der Waals surface area (Å²) in [7, 11) is 1.60. The van der Waals surface area contributed by atoms with Crippen molar-refractivity contribution >= 4 is 23.3 Å². The molecule has 0 saturated carbocycles. The van der Waals surface area contributed by atoms with Gasteiger partial charge in [0, 0.05) is 5.56 Å². The van der Waals surface area contributed by atoms with E-state index >= 15 is 0 Å². The van der Waals surface area contributed by atoms with Gasteiger partial charge in [-0.05, 0) is 36.5 Å². The monoisotopic (exact) mass is 345 g/mol. The van der Waals surface area contributed by atoms with Crippen molar-refractivity contribution in [2.24, 2.45) is 7.05 Å². The summed E-state index contributed by atoms with van der Waals surface area (Å²) in [5.41, 5.74) is 0.688. The van der Waals surface area contributed by atoms with Crippen molar-refractivity contribution in [3.63, 3.8) is 0 Å². The normalized spacial score (nSPS) is 17.4. The molecule has 130 valence electrons. The fourth-order valence-corrected chi connectivity index (χ4v) is 2.68. The number of nitrogens with zero attached hydrogens (tertiary/aromatic N) is 2. The van der Waals surface area contributed by atoms with E-state index in [1.54, 1.807) is 31.3 Å². The second-order valence-electron chi connectivity index (χ2n) is 5.79. The Morgan fingerprint density at radius 1 is 1.32 bits per heavy atom. The van der Waals surface area contributed by atoms with E-state index in [2.05, 4.69) is 15.1 Å². The molecule has 1 aliphatic rings. The Kier molecular flexibility index (Phi) is 4.32. The fraction of sp³-hybridized carbons (Fsp3) is 0.312. The Morgan fingerprint density at radius 3 is 2.56 bits per heavy atom. The van der Waals surface area contributed by atoms with Crippen LogP contribution in [0.15, 0.2) is 33.6 Å². The molecule has 0 aliphatic carbocycles. The van der Waals surface area contributed by atoms with Crippen LogP contribution in [0.25, 0.3) is 0 Å². The first-order valence-corrected chi connectivity index (χ1v) is 7.66. The molecule has 2 heterocycles. The molecule has 1 atom stereocenters. The van der Waals surface area contributed by atoms with E-state index in [0.29, 0.717) is 16.9 Å². The average molecular weight is 345 g/mol. The van der Waals surface area contributed by atoms with Crippen LogP contribution in [0.1, 0.15) is 29.4 Å². The summed E-state index contributed by atoms with van der Waals surface area (Å²) in [6.07, 6.45) is -0.00718. The Labute approximate surface area is 142 Å². The second kappa shape index (κ2) is 6.44. The first-order chi connectivity index (χ1) is 11.9. The zero-order valence-corrected chi connectivity index (χ0v) is 13.7. The lowest BCUT2D eigenvalue weighted by atomic mass is 10.1. The average Bonchev–Trinajstić information content (AvgIpc) is 3.04. The molecule has 9 heteroatoms. The molecule has 0 spiro atoms. The van der Waals surface area contributed by atoms with E-state index in [0.717, 1.165) is 4.90 Å². The van der Waals surface area contributed by atoms with E-state index in [9.17, 15) is 19.2 Å². The van der Waals surface area contributed by atoms with E-state index in [1.165, 1.54) is 11.6 Å². The number of aromatic nitrogens is 2. The minimum atomic E-state index is -0.728. The van der Waals surface area contributed by atoms with E-state index in [4.69, 9.17) is 0 Å². The Bertz CT molecular complexity index is 896. The molecule has 3 rings (SSSR count).